The van der Waals surface area contributed by atoms with Crippen LogP contribution in [0.2, 0.25) is 0 Å². The normalized spacial score (nSPS) is 22.5. The maximum atomic E-state index is 13.4. The van der Waals surface area contributed by atoms with Crippen molar-refractivity contribution >= 4 is 45.0 Å². The second kappa shape index (κ2) is 11.8. The molecule has 5 heterocycles. The number of fused-ring (bicyclic) bond motifs is 1. The number of carbonyl (C=O) groups excluding carboxylic acids is 2. The number of furan rings is 2. The highest BCUT2D eigenvalue weighted by atomic mass is 32.2. The van der Waals surface area contributed by atoms with Gasteiger partial charge in [0, 0.05) is 23.9 Å². The predicted molar refractivity (Wildman–Crippen MR) is 151 cm³/mol. The zero-order valence-electron chi connectivity index (χ0n) is 22.4. The van der Waals surface area contributed by atoms with Crippen molar-refractivity contribution in [3.8, 4) is 0 Å². The molecule has 2 atom stereocenters. The van der Waals surface area contributed by atoms with Crippen LogP contribution in [-0.2, 0) is 30.8 Å². The molecular formula is C29H31N3O7S2. The first-order chi connectivity index (χ1) is 19.9. The molecule has 1 amide bonds. The molecule has 2 unspecified atom stereocenters. The summed E-state index contributed by atoms with van der Waals surface area (Å²) in [7, 11) is -3.57. The van der Waals surface area contributed by atoms with Crippen LogP contribution in [0.5, 0.6) is 0 Å². The molecule has 1 saturated carbocycles. The molecule has 1 saturated heterocycles. The van der Waals surface area contributed by atoms with Gasteiger partial charge in [0.05, 0.1) is 24.7 Å². The third-order valence-electron chi connectivity index (χ3n) is 7.67. The van der Waals surface area contributed by atoms with Crippen molar-refractivity contribution in [2.45, 2.75) is 55.2 Å². The van der Waals surface area contributed by atoms with E-state index in [0.29, 0.717) is 23.7 Å². The molecule has 2 aliphatic heterocycles. The molecule has 0 spiro atoms. The first-order valence-electron chi connectivity index (χ1n) is 13.8. The van der Waals surface area contributed by atoms with E-state index in [1.807, 2.05) is 24.3 Å². The zero-order chi connectivity index (χ0) is 28.4. The average molecular weight is 598 g/mol. The lowest BCUT2D eigenvalue weighted by Crippen LogP contribution is -2.35. The maximum Gasteiger partial charge on any atom is 0.311 e. The zero-order valence-corrected chi connectivity index (χ0v) is 24.1. The van der Waals surface area contributed by atoms with Crippen molar-refractivity contribution < 1.29 is 31.6 Å². The van der Waals surface area contributed by atoms with Crippen LogP contribution in [0.1, 0.15) is 61.0 Å². The number of amides is 1. The molecule has 3 aromatic rings. The van der Waals surface area contributed by atoms with Gasteiger partial charge in [0.2, 0.25) is 0 Å². The van der Waals surface area contributed by atoms with Crippen LogP contribution in [0.3, 0.4) is 0 Å². The molecule has 6 rings (SSSR count). The van der Waals surface area contributed by atoms with E-state index in [2.05, 4.69) is 0 Å². The minimum absolute atomic E-state index is 0.0536. The summed E-state index contributed by atoms with van der Waals surface area (Å²) in [6, 6.07) is 10.0. The summed E-state index contributed by atoms with van der Waals surface area (Å²) in [5, 5.41) is 6.09. The molecule has 41 heavy (non-hydrogen) atoms. The molecule has 216 valence electrons. The standard InChI is InChI=1S/C29H31N3O7S2/c33-25(19-39-26(34)18-22-11-12-27(40-22)41(35,36)31-13-2-1-3-14-31)32-29(24-10-6-16-38-24)23-9-4-7-20(28(23)30-32)17-21-8-5-15-37-21/h5-6,8,10-12,15-17,23,29H,1-4,7,9,13-14,18-19H2. The number of hydrogen-bond acceptors (Lipinski definition) is 9. The number of sulfonamides is 1. The van der Waals surface area contributed by atoms with Gasteiger partial charge in [0.25, 0.3) is 15.9 Å². The first kappa shape index (κ1) is 27.7. The summed E-state index contributed by atoms with van der Waals surface area (Å²) >= 11 is 1.06. The molecule has 2 fully saturated rings. The Balaban J connectivity index is 1.13. The Morgan fingerprint density at radius 3 is 2.61 bits per heavy atom. The summed E-state index contributed by atoms with van der Waals surface area (Å²) < 4.78 is 44.1. The highest BCUT2D eigenvalue weighted by Crippen LogP contribution is 2.44. The molecule has 3 aliphatic rings. The predicted octanol–water partition coefficient (Wildman–Crippen LogP) is 5.02. The van der Waals surface area contributed by atoms with Gasteiger partial charge in [-0.2, -0.15) is 9.41 Å². The molecule has 12 heteroatoms. The number of piperidine rings is 1. The van der Waals surface area contributed by atoms with E-state index in [-0.39, 0.29) is 16.5 Å². The molecule has 10 nitrogen and oxygen atoms in total. The lowest BCUT2D eigenvalue weighted by atomic mass is 9.79. The van der Waals surface area contributed by atoms with Crippen molar-refractivity contribution in [1.82, 2.24) is 9.31 Å². The van der Waals surface area contributed by atoms with Gasteiger partial charge in [0.15, 0.2) is 6.61 Å². The van der Waals surface area contributed by atoms with Crippen LogP contribution >= 0.6 is 11.3 Å². The number of hydrogen-bond donors (Lipinski definition) is 0. The Bertz CT molecular complexity index is 1550. The fourth-order valence-corrected chi connectivity index (χ4v) is 8.73. The third kappa shape index (κ3) is 5.81. The van der Waals surface area contributed by atoms with Crippen molar-refractivity contribution in [3.63, 3.8) is 0 Å². The number of allylic oxidation sites excluding steroid dienone is 1. The molecule has 0 radical (unpaired) electrons. The fraction of sp³-hybridized carbons (Fsp3) is 0.414. The van der Waals surface area contributed by atoms with Crippen LogP contribution < -0.4 is 0 Å². The number of hydrazone groups is 1. The van der Waals surface area contributed by atoms with E-state index in [1.54, 1.807) is 24.7 Å². The Labute approximate surface area is 242 Å². The maximum absolute atomic E-state index is 13.4. The van der Waals surface area contributed by atoms with Crippen LogP contribution in [0.25, 0.3) is 6.08 Å². The van der Waals surface area contributed by atoms with E-state index < -0.39 is 34.5 Å². The largest absolute Gasteiger partial charge is 0.467 e. The second-order valence-corrected chi connectivity index (χ2v) is 13.7. The van der Waals surface area contributed by atoms with Gasteiger partial charge in [-0.15, -0.1) is 11.3 Å². The second-order valence-electron chi connectivity index (χ2n) is 10.4. The number of nitrogens with zero attached hydrogens (tertiary/aromatic N) is 3. The van der Waals surface area contributed by atoms with Gasteiger partial charge in [-0.05, 0) is 80.2 Å². The van der Waals surface area contributed by atoms with E-state index >= 15 is 0 Å². The smallest absolute Gasteiger partial charge is 0.311 e. The van der Waals surface area contributed by atoms with Gasteiger partial charge < -0.3 is 13.6 Å². The summed E-state index contributed by atoms with van der Waals surface area (Å²) in [5.74, 6) is 0.214. The molecule has 0 N–H and O–H groups in total. The van der Waals surface area contributed by atoms with E-state index in [9.17, 15) is 18.0 Å². The Morgan fingerprint density at radius 2 is 1.85 bits per heavy atom. The van der Waals surface area contributed by atoms with Gasteiger partial charge >= 0.3 is 5.97 Å². The topological polar surface area (TPSA) is 123 Å². The van der Waals surface area contributed by atoms with Gasteiger partial charge in [0.1, 0.15) is 21.8 Å². The van der Waals surface area contributed by atoms with Crippen molar-refractivity contribution in [3.05, 3.63) is 70.9 Å². The van der Waals surface area contributed by atoms with Gasteiger partial charge in [-0.1, -0.05) is 6.42 Å². The molecular weight excluding hydrogens is 566 g/mol. The Kier molecular flexibility index (Phi) is 7.96. The van der Waals surface area contributed by atoms with Gasteiger partial charge in [-0.3, -0.25) is 9.59 Å². The molecule has 3 aromatic heterocycles. The van der Waals surface area contributed by atoms with Gasteiger partial charge in [-0.25, -0.2) is 13.4 Å². The van der Waals surface area contributed by atoms with E-state index in [4.69, 9.17) is 18.7 Å². The lowest BCUT2D eigenvalue weighted by molar-refractivity contribution is -0.152. The molecule has 0 aromatic carbocycles. The summed E-state index contributed by atoms with van der Waals surface area (Å²) in [6.45, 7) is 0.544. The van der Waals surface area contributed by atoms with E-state index in [1.165, 1.54) is 15.4 Å². The first-order valence-corrected chi connectivity index (χ1v) is 16.1. The number of carbonyl (C=O) groups is 2. The number of esters is 1. The number of thiophene rings is 1. The quantitative estimate of drug-likeness (QED) is 0.334. The minimum atomic E-state index is -3.57. The number of rotatable bonds is 8. The lowest BCUT2D eigenvalue weighted by Gasteiger charge is -2.27. The van der Waals surface area contributed by atoms with Crippen molar-refractivity contribution in [2.75, 3.05) is 19.7 Å². The molecule has 0 bridgehead atoms. The molecule has 1 aliphatic carbocycles. The van der Waals surface area contributed by atoms with Crippen LogP contribution in [0, 0.1) is 5.92 Å². The highest BCUT2D eigenvalue weighted by molar-refractivity contribution is 7.91. The van der Waals surface area contributed by atoms with Crippen molar-refractivity contribution in [2.24, 2.45) is 11.0 Å². The summed E-state index contributed by atoms with van der Waals surface area (Å²) in [6.07, 6.45) is 10.3. The SMILES string of the molecule is O=C(Cc1ccc(S(=O)(=O)N2CCCCC2)s1)OCC(=O)N1N=C2C(=Cc3ccco3)CCCC2C1c1ccco1. The average Bonchev–Trinajstić information content (AvgIpc) is 3.79. The minimum Gasteiger partial charge on any atom is -0.467 e. The summed E-state index contributed by atoms with van der Waals surface area (Å²) in [5.41, 5.74) is 1.82. The Morgan fingerprint density at radius 1 is 1.05 bits per heavy atom. The van der Waals surface area contributed by atoms with Crippen LogP contribution in [0.4, 0.5) is 0 Å². The van der Waals surface area contributed by atoms with Crippen molar-refractivity contribution in [1.29, 1.82) is 0 Å². The number of ether oxygens (including phenoxy) is 1. The van der Waals surface area contributed by atoms with Crippen LogP contribution in [0.15, 0.2) is 72.6 Å². The third-order valence-corrected chi connectivity index (χ3v) is 11.1. The highest BCUT2D eigenvalue weighted by Gasteiger charge is 2.45. The Hall–Kier alpha value is -3.48. The monoisotopic (exact) mass is 597 g/mol. The van der Waals surface area contributed by atoms with Crippen LogP contribution in [-0.4, -0.2) is 55.0 Å². The summed E-state index contributed by atoms with van der Waals surface area (Å²) in [4.78, 5) is 26.6. The fourth-order valence-electron chi connectivity index (χ4n) is 5.72. The van der Waals surface area contributed by atoms with E-state index in [0.717, 1.165) is 66.9 Å².